The van der Waals surface area contributed by atoms with Crippen LogP contribution in [0.1, 0.15) is 23.7 Å². The number of nitrogens with zero attached hydrogens (tertiary/aromatic N) is 3. The van der Waals surface area contributed by atoms with Crippen molar-refractivity contribution in [2.75, 3.05) is 31.1 Å². The number of imide groups is 1. The van der Waals surface area contributed by atoms with Crippen LogP contribution in [0, 0.1) is 0 Å². The number of Topliss-reactive ketones (excluding diaryl/α,β-unsaturated/α-hetero) is 1. The number of amides is 2. The lowest BCUT2D eigenvalue weighted by Crippen LogP contribution is -2.53. The predicted molar refractivity (Wildman–Crippen MR) is 132 cm³/mol. The second-order valence-electron chi connectivity index (χ2n) is 8.84. The zero-order valence-corrected chi connectivity index (χ0v) is 20.1. The normalized spacial score (nSPS) is 20.0. The number of ketones is 1. The van der Waals surface area contributed by atoms with Gasteiger partial charge in [0.05, 0.1) is 23.0 Å². The molecule has 3 aromatic rings. The number of benzene rings is 3. The minimum Gasteiger partial charge on any atom is -0.295 e. The monoisotopic (exact) mass is 491 g/mol. The molecule has 2 fully saturated rings. The quantitative estimate of drug-likeness (QED) is 0.402. The van der Waals surface area contributed by atoms with Crippen molar-refractivity contribution in [2.24, 2.45) is 0 Å². The van der Waals surface area contributed by atoms with E-state index in [4.69, 9.17) is 0 Å². The first-order valence-electron chi connectivity index (χ1n) is 11.5. The van der Waals surface area contributed by atoms with E-state index in [-0.39, 0.29) is 42.0 Å². The summed E-state index contributed by atoms with van der Waals surface area (Å²) in [4.78, 5) is 40.6. The lowest BCUT2D eigenvalue weighted by atomic mass is 10.1. The average molecular weight is 492 g/mol. The average Bonchev–Trinajstić information content (AvgIpc) is 3.17. The third-order valence-corrected chi connectivity index (χ3v) is 8.62. The van der Waals surface area contributed by atoms with Gasteiger partial charge in [-0.25, -0.2) is 13.3 Å². The Bertz CT molecular complexity index is 1430. The molecule has 35 heavy (non-hydrogen) atoms. The first-order chi connectivity index (χ1) is 16.8. The van der Waals surface area contributed by atoms with Crippen molar-refractivity contribution in [3.63, 3.8) is 0 Å². The summed E-state index contributed by atoms with van der Waals surface area (Å²) >= 11 is 0. The van der Waals surface area contributed by atoms with Gasteiger partial charge in [-0.2, -0.15) is 4.31 Å². The van der Waals surface area contributed by atoms with Crippen LogP contribution in [-0.2, 0) is 19.6 Å². The highest BCUT2D eigenvalue weighted by Crippen LogP contribution is 2.28. The van der Waals surface area contributed by atoms with Gasteiger partial charge in [-0.05, 0) is 54.1 Å². The molecule has 2 aliphatic rings. The Morgan fingerprint density at radius 1 is 0.857 bits per heavy atom. The molecule has 0 saturated carbocycles. The van der Waals surface area contributed by atoms with Crippen LogP contribution < -0.4 is 4.90 Å². The molecule has 0 unspecified atom stereocenters. The van der Waals surface area contributed by atoms with Gasteiger partial charge in [-0.1, -0.05) is 30.3 Å². The van der Waals surface area contributed by atoms with Gasteiger partial charge in [0.2, 0.25) is 15.9 Å². The van der Waals surface area contributed by atoms with Crippen LogP contribution in [0.5, 0.6) is 0 Å². The molecule has 0 spiro atoms. The van der Waals surface area contributed by atoms with Gasteiger partial charge in [0, 0.05) is 31.7 Å². The summed E-state index contributed by atoms with van der Waals surface area (Å²) in [5.41, 5.74) is 0.943. The highest BCUT2D eigenvalue weighted by atomic mass is 32.2. The van der Waals surface area contributed by atoms with Gasteiger partial charge in [0.1, 0.15) is 0 Å². The van der Waals surface area contributed by atoms with Crippen LogP contribution in [0.4, 0.5) is 5.69 Å². The van der Waals surface area contributed by atoms with E-state index in [1.54, 1.807) is 42.5 Å². The second-order valence-corrected chi connectivity index (χ2v) is 10.8. The van der Waals surface area contributed by atoms with E-state index >= 15 is 0 Å². The highest BCUT2D eigenvalue weighted by molar-refractivity contribution is 7.89. The molecule has 5 rings (SSSR count). The van der Waals surface area contributed by atoms with Gasteiger partial charge in [0.15, 0.2) is 5.78 Å². The summed E-state index contributed by atoms with van der Waals surface area (Å²) in [6, 6.07) is 18.5. The molecule has 0 bridgehead atoms. The number of hydrogen-bond acceptors (Lipinski definition) is 6. The molecule has 0 aliphatic carbocycles. The fraction of sp³-hybridized carbons (Fsp3) is 0.269. The second kappa shape index (κ2) is 8.99. The number of hydrogen-bond donors (Lipinski definition) is 0. The Kier molecular flexibility index (Phi) is 6.00. The third-order valence-electron chi connectivity index (χ3n) is 6.73. The molecule has 2 heterocycles. The molecule has 0 aromatic heterocycles. The van der Waals surface area contributed by atoms with Crippen LogP contribution in [0.15, 0.2) is 71.6 Å². The fourth-order valence-electron chi connectivity index (χ4n) is 4.75. The third kappa shape index (κ3) is 4.27. The summed E-state index contributed by atoms with van der Waals surface area (Å²) < 4.78 is 27.9. The SMILES string of the molecule is CC(=O)c1ccc(N2C(=O)C[C@@H](N3CCN(S(=O)(=O)c4ccc5ccccc5c4)CC3)C2=O)cc1. The standard InChI is InChI=1S/C26H25N3O5S/c1-18(30)19-6-9-22(10-7-19)29-25(31)17-24(26(29)32)27-12-14-28(15-13-27)35(33,34)23-11-8-20-4-2-3-5-21(20)16-23/h2-11,16,24H,12-15,17H2,1H3/t24-/m1/s1. The summed E-state index contributed by atoms with van der Waals surface area (Å²) in [5, 5.41) is 1.83. The smallest absolute Gasteiger partial charge is 0.251 e. The van der Waals surface area contributed by atoms with E-state index in [1.165, 1.54) is 11.2 Å². The molecule has 0 radical (unpaired) electrons. The Labute approximate surface area is 203 Å². The zero-order valence-electron chi connectivity index (χ0n) is 19.3. The molecule has 1 atom stereocenters. The lowest BCUT2D eigenvalue weighted by Gasteiger charge is -2.36. The van der Waals surface area contributed by atoms with E-state index in [1.807, 2.05) is 29.2 Å². The predicted octanol–water partition coefficient (Wildman–Crippen LogP) is 2.68. The number of sulfonamides is 1. The van der Waals surface area contributed by atoms with E-state index < -0.39 is 16.1 Å². The van der Waals surface area contributed by atoms with E-state index in [9.17, 15) is 22.8 Å². The molecule has 2 amide bonds. The topological polar surface area (TPSA) is 95.1 Å². The van der Waals surface area contributed by atoms with Crippen molar-refractivity contribution in [1.82, 2.24) is 9.21 Å². The molecule has 2 aliphatic heterocycles. The zero-order chi connectivity index (χ0) is 24.7. The van der Waals surface area contributed by atoms with Gasteiger partial charge >= 0.3 is 0 Å². The maximum Gasteiger partial charge on any atom is 0.251 e. The van der Waals surface area contributed by atoms with Crippen LogP contribution >= 0.6 is 0 Å². The van der Waals surface area contributed by atoms with Crippen molar-refractivity contribution in [2.45, 2.75) is 24.3 Å². The van der Waals surface area contributed by atoms with Crippen molar-refractivity contribution in [3.8, 4) is 0 Å². The van der Waals surface area contributed by atoms with Crippen LogP contribution in [-0.4, -0.2) is 67.4 Å². The Morgan fingerprint density at radius 3 is 2.17 bits per heavy atom. The first kappa shape index (κ1) is 23.3. The Hall–Kier alpha value is -3.40. The van der Waals surface area contributed by atoms with Crippen molar-refractivity contribution in [1.29, 1.82) is 0 Å². The van der Waals surface area contributed by atoms with Gasteiger partial charge in [-0.15, -0.1) is 0 Å². The molecule has 8 nitrogen and oxygen atoms in total. The first-order valence-corrected chi connectivity index (χ1v) is 12.9. The molecule has 3 aromatic carbocycles. The summed E-state index contributed by atoms with van der Waals surface area (Å²) in [5.74, 6) is -0.719. The number of carbonyl (C=O) groups excluding carboxylic acids is 3. The van der Waals surface area contributed by atoms with Crippen molar-refractivity contribution in [3.05, 3.63) is 72.3 Å². The minimum absolute atomic E-state index is 0.0463. The number of carbonyl (C=O) groups is 3. The van der Waals surface area contributed by atoms with E-state index in [0.717, 1.165) is 15.7 Å². The number of piperazine rings is 1. The molecular weight excluding hydrogens is 466 g/mol. The fourth-order valence-corrected chi connectivity index (χ4v) is 6.21. The van der Waals surface area contributed by atoms with Crippen LogP contribution in [0.2, 0.25) is 0 Å². The maximum absolute atomic E-state index is 13.2. The highest BCUT2D eigenvalue weighted by Gasteiger charge is 2.44. The number of anilines is 1. The van der Waals surface area contributed by atoms with E-state index in [0.29, 0.717) is 24.3 Å². The minimum atomic E-state index is -3.67. The van der Waals surface area contributed by atoms with Crippen LogP contribution in [0.25, 0.3) is 10.8 Å². The molecule has 180 valence electrons. The molecular formula is C26H25N3O5S. The van der Waals surface area contributed by atoms with Crippen LogP contribution in [0.3, 0.4) is 0 Å². The summed E-state index contributed by atoms with van der Waals surface area (Å²) in [7, 11) is -3.67. The Balaban J connectivity index is 1.28. The van der Waals surface area contributed by atoms with Crippen molar-refractivity contribution >= 4 is 44.1 Å². The summed E-state index contributed by atoms with van der Waals surface area (Å²) in [6.45, 7) is 2.64. The molecule has 0 N–H and O–H groups in total. The van der Waals surface area contributed by atoms with Gasteiger partial charge < -0.3 is 0 Å². The van der Waals surface area contributed by atoms with Crippen molar-refractivity contribution < 1.29 is 22.8 Å². The lowest BCUT2D eigenvalue weighted by molar-refractivity contribution is -0.123. The van der Waals surface area contributed by atoms with Gasteiger partial charge in [0.25, 0.3) is 5.91 Å². The molecule has 9 heteroatoms. The number of fused-ring (bicyclic) bond motifs is 1. The van der Waals surface area contributed by atoms with Gasteiger partial charge in [-0.3, -0.25) is 19.3 Å². The van der Waals surface area contributed by atoms with E-state index in [2.05, 4.69) is 0 Å². The summed E-state index contributed by atoms with van der Waals surface area (Å²) in [6.07, 6.45) is 0.0463. The Morgan fingerprint density at radius 2 is 1.51 bits per heavy atom. The molecule has 2 saturated heterocycles. The maximum atomic E-state index is 13.2. The largest absolute Gasteiger partial charge is 0.295 e. The number of rotatable bonds is 5.